The monoisotopic (exact) mass is 344 g/mol. The second-order valence-corrected chi connectivity index (χ2v) is 7.20. The Kier molecular flexibility index (Phi) is 4.02. The zero-order valence-corrected chi connectivity index (χ0v) is 13.8. The lowest BCUT2D eigenvalue weighted by Crippen LogP contribution is -2.25. The highest BCUT2D eigenvalue weighted by molar-refractivity contribution is 7.89. The van der Waals surface area contributed by atoms with Gasteiger partial charge >= 0.3 is 5.56 Å². The van der Waals surface area contributed by atoms with Crippen LogP contribution < -0.4 is 11.3 Å². The number of nitrogens with two attached hydrogens (primary N) is 1. The van der Waals surface area contributed by atoms with Crippen molar-refractivity contribution in [1.82, 2.24) is 4.15 Å². The molecule has 0 spiro atoms. The normalized spacial score (nSPS) is 11.5. The van der Waals surface area contributed by atoms with Gasteiger partial charge in [-0.3, -0.25) is 4.79 Å². The lowest BCUT2D eigenvalue weighted by atomic mass is 10.1. The van der Waals surface area contributed by atoms with E-state index in [9.17, 15) is 13.2 Å². The second kappa shape index (κ2) is 6.01. The summed E-state index contributed by atoms with van der Waals surface area (Å²) in [5.74, 6) is -0.195. The van der Waals surface area contributed by atoms with E-state index in [0.717, 1.165) is 11.1 Å². The molecule has 124 valence electrons. The topological polar surface area (TPSA) is 95.3 Å². The van der Waals surface area contributed by atoms with Crippen molar-refractivity contribution in [3.63, 3.8) is 0 Å². The minimum absolute atomic E-state index is 0.0322. The van der Waals surface area contributed by atoms with Crippen molar-refractivity contribution >= 4 is 15.9 Å². The van der Waals surface area contributed by atoms with E-state index >= 15 is 0 Å². The van der Waals surface area contributed by atoms with Crippen molar-refractivity contribution in [2.24, 2.45) is 0 Å². The van der Waals surface area contributed by atoms with Gasteiger partial charge in [0.25, 0.3) is 10.0 Å². The van der Waals surface area contributed by atoms with Crippen LogP contribution in [0.25, 0.3) is 0 Å². The molecule has 0 aliphatic carbocycles. The molecule has 0 amide bonds. The molecule has 0 aliphatic rings. The van der Waals surface area contributed by atoms with E-state index in [1.165, 1.54) is 12.1 Å². The first-order valence-corrected chi connectivity index (χ1v) is 8.70. The number of nitrogens with zero attached hydrogens (tertiary/aromatic N) is 1. The average Bonchev–Trinajstić information content (AvgIpc) is 2.85. The van der Waals surface area contributed by atoms with Gasteiger partial charge in [-0.05, 0) is 24.6 Å². The van der Waals surface area contributed by atoms with Crippen LogP contribution >= 0.6 is 0 Å². The van der Waals surface area contributed by atoms with Gasteiger partial charge in [0.1, 0.15) is 0 Å². The van der Waals surface area contributed by atoms with Gasteiger partial charge < -0.3 is 10.3 Å². The molecule has 1 aromatic heterocycles. The first-order chi connectivity index (χ1) is 11.4. The van der Waals surface area contributed by atoms with Gasteiger partial charge in [0, 0.05) is 6.42 Å². The summed E-state index contributed by atoms with van der Waals surface area (Å²) in [6, 6.07) is 15.3. The smallest absolute Gasteiger partial charge is 0.304 e. The Morgan fingerprint density at radius 1 is 1.04 bits per heavy atom. The van der Waals surface area contributed by atoms with Gasteiger partial charge in [-0.25, -0.2) is 0 Å². The molecule has 7 heteroatoms. The Morgan fingerprint density at radius 2 is 1.67 bits per heavy atom. The van der Waals surface area contributed by atoms with E-state index in [1.807, 2.05) is 37.3 Å². The number of rotatable bonds is 4. The fourth-order valence-corrected chi connectivity index (χ4v) is 3.51. The third kappa shape index (κ3) is 2.85. The number of aromatic nitrogens is 1. The first kappa shape index (κ1) is 16.1. The molecule has 6 nitrogen and oxygen atoms in total. The van der Waals surface area contributed by atoms with Crippen LogP contribution in [0.4, 0.5) is 5.88 Å². The van der Waals surface area contributed by atoms with Crippen LogP contribution in [0.15, 0.2) is 68.8 Å². The highest BCUT2D eigenvalue weighted by Crippen LogP contribution is 2.18. The molecule has 0 bridgehead atoms. The predicted molar refractivity (Wildman–Crippen MR) is 90.4 cm³/mol. The third-order valence-electron chi connectivity index (χ3n) is 3.66. The molecule has 0 saturated heterocycles. The van der Waals surface area contributed by atoms with Crippen LogP contribution in [0, 0.1) is 6.92 Å². The summed E-state index contributed by atoms with van der Waals surface area (Å²) in [6.07, 6.45) is 0.200. The molecular weight excluding hydrogens is 328 g/mol. The Bertz CT molecular complexity index is 1020. The van der Waals surface area contributed by atoms with E-state index in [4.69, 9.17) is 10.3 Å². The van der Waals surface area contributed by atoms with E-state index in [-0.39, 0.29) is 22.8 Å². The Labute approximate surface area is 139 Å². The molecule has 3 aromatic rings. The summed E-state index contributed by atoms with van der Waals surface area (Å²) in [5, 5.41) is 0. The Balaban J connectivity index is 2.05. The summed E-state index contributed by atoms with van der Waals surface area (Å²) in [4.78, 5) is 12.5. The molecule has 0 aliphatic heterocycles. The molecular formula is C17H16N2O4S. The number of anilines is 1. The van der Waals surface area contributed by atoms with E-state index in [1.54, 1.807) is 12.1 Å². The van der Waals surface area contributed by atoms with Gasteiger partial charge in [0.15, 0.2) is 0 Å². The summed E-state index contributed by atoms with van der Waals surface area (Å²) in [7, 11) is -4.12. The zero-order chi connectivity index (χ0) is 17.3. The van der Waals surface area contributed by atoms with Crippen molar-refractivity contribution in [1.29, 1.82) is 0 Å². The molecule has 0 atom stereocenters. The average molecular weight is 344 g/mol. The first-order valence-electron chi connectivity index (χ1n) is 7.26. The third-order valence-corrected chi connectivity index (χ3v) is 5.21. The second-order valence-electron chi connectivity index (χ2n) is 5.45. The van der Waals surface area contributed by atoms with Gasteiger partial charge in [0.05, 0.1) is 10.5 Å². The molecule has 0 unspecified atom stereocenters. The van der Waals surface area contributed by atoms with Crippen LogP contribution in [-0.4, -0.2) is 12.6 Å². The van der Waals surface area contributed by atoms with E-state index < -0.39 is 15.6 Å². The van der Waals surface area contributed by atoms with Gasteiger partial charge in [0.2, 0.25) is 5.88 Å². The molecule has 0 radical (unpaired) electrons. The van der Waals surface area contributed by atoms with Gasteiger partial charge in [-0.1, -0.05) is 52.2 Å². The summed E-state index contributed by atoms with van der Waals surface area (Å²) in [5.41, 5.74) is 6.83. The minimum atomic E-state index is -4.12. The summed E-state index contributed by atoms with van der Waals surface area (Å²) in [6.45, 7) is 1.84. The number of benzene rings is 2. The number of aryl methyl sites for hydroxylation is 1. The van der Waals surface area contributed by atoms with Crippen molar-refractivity contribution in [3.05, 3.63) is 81.6 Å². The Hall–Kier alpha value is -2.80. The van der Waals surface area contributed by atoms with Crippen molar-refractivity contribution in [2.75, 3.05) is 5.73 Å². The molecule has 24 heavy (non-hydrogen) atoms. The maximum Gasteiger partial charge on any atom is 0.304 e. The lowest BCUT2D eigenvalue weighted by molar-refractivity contribution is 0.372. The molecule has 3 rings (SSSR count). The van der Waals surface area contributed by atoms with E-state index in [2.05, 4.69) is 0 Å². The van der Waals surface area contributed by atoms with Crippen LogP contribution in [-0.2, 0) is 16.4 Å². The zero-order valence-electron chi connectivity index (χ0n) is 13.0. The number of hydrogen-bond acceptors (Lipinski definition) is 5. The van der Waals surface area contributed by atoms with Crippen molar-refractivity contribution in [3.8, 4) is 0 Å². The molecule has 0 saturated carbocycles. The highest BCUT2D eigenvalue weighted by atomic mass is 32.2. The van der Waals surface area contributed by atoms with Gasteiger partial charge in [-0.2, -0.15) is 8.42 Å². The van der Waals surface area contributed by atoms with E-state index in [0.29, 0.717) is 4.15 Å². The maximum atomic E-state index is 12.6. The molecule has 0 fully saturated rings. The predicted octanol–water partition coefficient (Wildman–Crippen LogP) is 2.16. The standard InChI is InChI=1S/C17H16N2O4S/c1-12-7-9-14(10-8-12)24(21,22)19-17(20)15(16(18)23-19)11-13-5-3-2-4-6-13/h2-10H,11,18H2,1H3. The number of nitrogen functional groups attached to an aromatic ring is 1. The summed E-state index contributed by atoms with van der Waals surface area (Å²) < 4.78 is 30.6. The van der Waals surface area contributed by atoms with Crippen molar-refractivity contribution in [2.45, 2.75) is 18.2 Å². The lowest BCUT2D eigenvalue weighted by Gasteiger charge is -2.03. The van der Waals surface area contributed by atoms with Crippen LogP contribution in [0.1, 0.15) is 16.7 Å². The van der Waals surface area contributed by atoms with Crippen molar-refractivity contribution < 1.29 is 12.9 Å². The fraction of sp³-hybridized carbons (Fsp3) is 0.118. The Morgan fingerprint density at radius 3 is 2.29 bits per heavy atom. The SMILES string of the molecule is Cc1ccc(S(=O)(=O)n2oc(N)c(Cc3ccccc3)c2=O)cc1. The van der Waals surface area contributed by atoms with Crippen LogP contribution in [0.2, 0.25) is 0 Å². The molecule has 2 aromatic carbocycles. The fourth-order valence-electron chi connectivity index (χ4n) is 2.33. The van der Waals surface area contributed by atoms with Crippen LogP contribution in [0.3, 0.4) is 0 Å². The largest absolute Gasteiger partial charge is 0.367 e. The molecule has 1 heterocycles. The van der Waals surface area contributed by atoms with Gasteiger partial charge in [-0.15, -0.1) is 0 Å². The quantitative estimate of drug-likeness (QED) is 0.782. The highest BCUT2D eigenvalue weighted by Gasteiger charge is 2.26. The maximum absolute atomic E-state index is 12.6. The minimum Gasteiger partial charge on any atom is -0.367 e. The number of hydrogen-bond donors (Lipinski definition) is 1. The summed E-state index contributed by atoms with van der Waals surface area (Å²) >= 11 is 0. The van der Waals surface area contributed by atoms with Crippen LogP contribution in [0.5, 0.6) is 0 Å². The molecule has 2 N–H and O–H groups in total.